The molecule has 1 aromatic rings. The molecule has 0 N–H and O–H groups in total. The van der Waals surface area contributed by atoms with Gasteiger partial charge in [-0.2, -0.15) is 0 Å². The maximum atomic E-state index is 11.4. The van der Waals surface area contributed by atoms with Gasteiger partial charge < -0.3 is 4.74 Å². The van der Waals surface area contributed by atoms with Crippen molar-refractivity contribution in [2.45, 2.75) is 13.3 Å². The molecule has 0 fully saturated rings. The van der Waals surface area contributed by atoms with E-state index in [1.54, 1.807) is 19.2 Å². The summed E-state index contributed by atoms with van der Waals surface area (Å²) >= 11 is 5.51. The molecule has 0 atom stereocenters. The van der Waals surface area contributed by atoms with Gasteiger partial charge in [-0.05, 0) is 30.2 Å². The van der Waals surface area contributed by atoms with Crippen molar-refractivity contribution in [2.75, 3.05) is 13.0 Å². The first kappa shape index (κ1) is 11.1. The second kappa shape index (κ2) is 5.01. The van der Waals surface area contributed by atoms with E-state index in [4.69, 9.17) is 16.3 Å². The van der Waals surface area contributed by atoms with Crippen LogP contribution in [0.5, 0.6) is 5.75 Å². The molecule has 0 aliphatic heterocycles. The van der Waals surface area contributed by atoms with E-state index in [9.17, 15) is 4.79 Å². The predicted molar refractivity (Wildman–Crippen MR) is 57.4 cm³/mol. The summed E-state index contributed by atoms with van der Waals surface area (Å²) < 4.78 is 5.08. The highest BCUT2D eigenvalue weighted by molar-refractivity contribution is 6.30. The number of methoxy groups -OCH3 is 1. The minimum atomic E-state index is -0.0360. The third-order valence-corrected chi connectivity index (χ3v) is 2.36. The number of alkyl halides is 1. The Hall–Kier alpha value is -1.02. The van der Waals surface area contributed by atoms with Gasteiger partial charge in [0, 0.05) is 5.56 Å². The number of halogens is 1. The van der Waals surface area contributed by atoms with Crippen LogP contribution in [-0.2, 0) is 6.42 Å². The van der Waals surface area contributed by atoms with Gasteiger partial charge in [-0.1, -0.05) is 6.92 Å². The van der Waals surface area contributed by atoms with Gasteiger partial charge in [0.2, 0.25) is 0 Å². The number of aryl methyl sites for hydroxylation is 1. The summed E-state index contributed by atoms with van der Waals surface area (Å²) in [4.78, 5) is 11.4. The third kappa shape index (κ3) is 2.26. The van der Waals surface area contributed by atoms with Crippen LogP contribution in [0.3, 0.4) is 0 Å². The summed E-state index contributed by atoms with van der Waals surface area (Å²) in [5, 5.41) is 0. The molecule has 3 heteroatoms. The zero-order chi connectivity index (χ0) is 10.6. The van der Waals surface area contributed by atoms with E-state index in [-0.39, 0.29) is 11.7 Å². The van der Waals surface area contributed by atoms with Crippen LogP contribution in [0.25, 0.3) is 0 Å². The molecule has 0 unspecified atom stereocenters. The lowest BCUT2D eigenvalue weighted by molar-refractivity contribution is 0.102. The van der Waals surface area contributed by atoms with Crippen molar-refractivity contribution < 1.29 is 9.53 Å². The van der Waals surface area contributed by atoms with Gasteiger partial charge in [-0.3, -0.25) is 4.79 Å². The summed E-state index contributed by atoms with van der Waals surface area (Å²) in [6.07, 6.45) is 0.801. The molecule has 0 aromatic heterocycles. The van der Waals surface area contributed by atoms with E-state index in [0.717, 1.165) is 17.7 Å². The molecule has 0 radical (unpaired) electrons. The number of carbonyl (C=O) groups is 1. The summed E-state index contributed by atoms with van der Waals surface area (Å²) in [6.45, 7) is 2.00. The Morgan fingerprint density at radius 1 is 1.50 bits per heavy atom. The Morgan fingerprint density at radius 3 is 2.71 bits per heavy atom. The first-order valence-electron chi connectivity index (χ1n) is 4.49. The van der Waals surface area contributed by atoms with Gasteiger partial charge in [0.15, 0.2) is 5.78 Å². The lowest BCUT2D eigenvalue weighted by atomic mass is 10.0. The average Bonchev–Trinajstić information content (AvgIpc) is 2.27. The summed E-state index contributed by atoms with van der Waals surface area (Å²) in [5.74, 6) is 0.762. The number of ketones is 1. The molecule has 1 aromatic carbocycles. The normalized spacial score (nSPS) is 9.93. The lowest BCUT2D eigenvalue weighted by Crippen LogP contribution is -2.04. The predicted octanol–water partition coefficient (Wildman–Crippen LogP) is 2.68. The lowest BCUT2D eigenvalue weighted by Gasteiger charge is -2.07. The van der Waals surface area contributed by atoms with Crippen molar-refractivity contribution in [1.82, 2.24) is 0 Å². The topological polar surface area (TPSA) is 26.3 Å². The Balaban J connectivity index is 3.11. The summed E-state index contributed by atoms with van der Waals surface area (Å²) in [5.41, 5.74) is 1.68. The maximum absolute atomic E-state index is 11.4. The molecule has 0 aliphatic rings. The first-order chi connectivity index (χ1) is 6.72. The molecule has 14 heavy (non-hydrogen) atoms. The fraction of sp³-hybridized carbons (Fsp3) is 0.364. The molecule has 1 rings (SSSR count). The molecule has 0 aliphatic carbocycles. The molecule has 2 nitrogen and oxygen atoms in total. The quantitative estimate of drug-likeness (QED) is 0.567. The molecule has 0 saturated heterocycles. The highest BCUT2D eigenvalue weighted by Gasteiger charge is 2.09. The minimum absolute atomic E-state index is 0.0271. The van der Waals surface area contributed by atoms with Gasteiger partial charge >= 0.3 is 0 Å². The van der Waals surface area contributed by atoms with Crippen LogP contribution in [0, 0.1) is 0 Å². The zero-order valence-electron chi connectivity index (χ0n) is 8.34. The fourth-order valence-corrected chi connectivity index (χ4v) is 1.48. The number of hydrogen-bond donors (Lipinski definition) is 0. The Morgan fingerprint density at radius 2 is 2.21 bits per heavy atom. The molecule has 0 amide bonds. The molecular weight excluding hydrogens is 200 g/mol. The van der Waals surface area contributed by atoms with E-state index in [0.29, 0.717) is 5.56 Å². The van der Waals surface area contributed by atoms with Crippen LogP contribution in [0.15, 0.2) is 18.2 Å². The van der Waals surface area contributed by atoms with E-state index in [1.165, 1.54) is 0 Å². The van der Waals surface area contributed by atoms with Gasteiger partial charge in [-0.15, -0.1) is 11.6 Å². The Kier molecular flexibility index (Phi) is 3.96. The second-order valence-corrected chi connectivity index (χ2v) is 3.20. The highest BCUT2D eigenvalue weighted by Crippen LogP contribution is 2.19. The van der Waals surface area contributed by atoms with Crippen LogP contribution in [0.1, 0.15) is 22.8 Å². The van der Waals surface area contributed by atoms with Gasteiger partial charge in [0.05, 0.1) is 13.0 Å². The number of Topliss-reactive ketones (excluding diaryl/α,β-unsaturated/α-hetero) is 1. The Bertz CT molecular complexity index is 334. The van der Waals surface area contributed by atoms with E-state index in [2.05, 4.69) is 0 Å². The van der Waals surface area contributed by atoms with E-state index < -0.39 is 0 Å². The zero-order valence-corrected chi connectivity index (χ0v) is 9.10. The van der Waals surface area contributed by atoms with Crippen LogP contribution >= 0.6 is 11.6 Å². The minimum Gasteiger partial charge on any atom is -0.497 e. The van der Waals surface area contributed by atoms with Crippen molar-refractivity contribution in [1.29, 1.82) is 0 Å². The fourth-order valence-electron chi connectivity index (χ4n) is 1.33. The molecule has 0 heterocycles. The monoisotopic (exact) mass is 212 g/mol. The largest absolute Gasteiger partial charge is 0.497 e. The molecule has 0 bridgehead atoms. The van der Waals surface area contributed by atoms with Gasteiger partial charge in [-0.25, -0.2) is 0 Å². The molecular formula is C11H13ClO2. The molecule has 76 valence electrons. The number of ether oxygens (including phenoxy) is 1. The van der Waals surface area contributed by atoms with Crippen molar-refractivity contribution in [3.8, 4) is 5.75 Å². The number of hydrogen-bond acceptors (Lipinski definition) is 2. The smallest absolute Gasteiger partial charge is 0.177 e. The third-order valence-electron chi connectivity index (χ3n) is 2.12. The van der Waals surface area contributed by atoms with E-state index in [1.807, 2.05) is 13.0 Å². The second-order valence-electron chi connectivity index (χ2n) is 2.93. The first-order valence-corrected chi connectivity index (χ1v) is 5.02. The standard InChI is InChI=1S/C11H13ClO2/c1-3-8-6-9(14-2)4-5-10(8)11(13)7-12/h4-6H,3,7H2,1-2H3. The summed E-state index contributed by atoms with van der Waals surface area (Å²) in [7, 11) is 1.61. The van der Waals surface area contributed by atoms with E-state index >= 15 is 0 Å². The maximum Gasteiger partial charge on any atom is 0.177 e. The van der Waals surface area contributed by atoms with Crippen LogP contribution < -0.4 is 4.74 Å². The van der Waals surface area contributed by atoms with Crippen molar-refractivity contribution in [2.24, 2.45) is 0 Å². The van der Waals surface area contributed by atoms with Crippen molar-refractivity contribution in [3.63, 3.8) is 0 Å². The van der Waals surface area contributed by atoms with Gasteiger partial charge in [0.25, 0.3) is 0 Å². The van der Waals surface area contributed by atoms with Crippen molar-refractivity contribution >= 4 is 17.4 Å². The number of carbonyl (C=O) groups excluding carboxylic acids is 1. The van der Waals surface area contributed by atoms with Gasteiger partial charge in [0.1, 0.15) is 5.75 Å². The average molecular weight is 213 g/mol. The summed E-state index contributed by atoms with van der Waals surface area (Å²) in [6, 6.07) is 5.42. The number of benzene rings is 1. The van der Waals surface area contributed by atoms with Crippen molar-refractivity contribution in [3.05, 3.63) is 29.3 Å². The van der Waals surface area contributed by atoms with Crippen LogP contribution in [0.4, 0.5) is 0 Å². The highest BCUT2D eigenvalue weighted by atomic mass is 35.5. The SMILES string of the molecule is CCc1cc(OC)ccc1C(=O)CCl. The Labute approximate surface area is 88.8 Å². The van der Waals surface area contributed by atoms with Crippen LogP contribution in [-0.4, -0.2) is 18.8 Å². The number of rotatable bonds is 4. The molecule has 0 spiro atoms. The van der Waals surface area contributed by atoms with Crippen LogP contribution in [0.2, 0.25) is 0 Å². The molecule has 0 saturated carbocycles.